The number of benzene rings is 1. The molecule has 2 aliphatic rings. The van der Waals surface area contributed by atoms with Gasteiger partial charge in [0, 0.05) is 32.2 Å². The van der Waals surface area contributed by atoms with Crippen LogP contribution in [0.5, 0.6) is 0 Å². The monoisotopic (exact) mass is 390 g/mol. The van der Waals surface area contributed by atoms with Crippen LogP contribution in [-0.2, 0) is 16.2 Å². The summed E-state index contributed by atoms with van der Waals surface area (Å²) in [5.74, 6) is 0. The Kier molecular flexibility index (Phi) is 5.94. The quantitative estimate of drug-likeness (QED) is 0.739. The Hall–Kier alpha value is -1.12. The van der Waals surface area contributed by atoms with Crippen molar-refractivity contribution in [2.75, 3.05) is 26.2 Å². The van der Waals surface area contributed by atoms with E-state index in [1.54, 1.807) is 0 Å². The maximum atomic E-state index is 12.7. The second kappa shape index (κ2) is 7.86. The van der Waals surface area contributed by atoms with Crippen molar-refractivity contribution in [1.29, 1.82) is 0 Å². The van der Waals surface area contributed by atoms with E-state index in [0.717, 1.165) is 24.3 Å². The van der Waals surface area contributed by atoms with E-state index in [4.69, 9.17) is 0 Å². The predicted molar refractivity (Wildman–Crippen MR) is 93.3 cm³/mol. The van der Waals surface area contributed by atoms with Crippen LogP contribution in [0.4, 0.5) is 13.2 Å². The summed E-state index contributed by atoms with van der Waals surface area (Å²) in [4.78, 5) is 2.30. The zero-order valence-electron chi connectivity index (χ0n) is 14.7. The van der Waals surface area contributed by atoms with Gasteiger partial charge in [-0.25, -0.2) is 8.42 Å². The van der Waals surface area contributed by atoms with Gasteiger partial charge in [0.05, 0.1) is 10.5 Å². The van der Waals surface area contributed by atoms with Crippen molar-refractivity contribution in [3.8, 4) is 0 Å². The van der Waals surface area contributed by atoms with Crippen molar-refractivity contribution in [2.45, 2.75) is 55.6 Å². The molecule has 8 heteroatoms. The van der Waals surface area contributed by atoms with Crippen LogP contribution in [0.3, 0.4) is 0 Å². The number of sulfonamides is 1. The van der Waals surface area contributed by atoms with Crippen molar-refractivity contribution in [3.63, 3.8) is 0 Å². The maximum absolute atomic E-state index is 12.7. The van der Waals surface area contributed by atoms with Gasteiger partial charge in [-0.2, -0.15) is 17.5 Å². The second-order valence-corrected chi connectivity index (χ2v) is 9.05. The smallest absolute Gasteiger partial charge is 0.298 e. The summed E-state index contributed by atoms with van der Waals surface area (Å²) in [5.41, 5.74) is -0.838. The molecule has 0 spiro atoms. The summed E-state index contributed by atoms with van der Waals surface area (Å²) in [6, 6.07) is 4.29. The molecule has 1 aromatic rings. The molecule has 1 aliphatic carbocycles. The summed E-state index contributed by atoms with van der Waals surface area (Å²) in [6.07, 6.45) is 2.89. The predicted octanol–water partition coefficient (Wildman–Crippen LogP) is 3.73. The average Bonchev–Trinajstić information content (AvgIpc) is 2.91. The number of hydrogen-bond donors (Lipinski definition) is 0. The first-order valence-electron chi connectivity index (χ1n) is 9.20. The molecule has 1 saturated carbocycles. The molecule has 0 aromatic heterocycles. The van der Waals surface area contributed by atoms with Crippen molar-refractivity contribution in [3.05, 3.63) is 29.8 Å². The zero-order valence-corrected chi connectivity index (χ0v) is 15.5. The number of rotatable bonds is 3. The number of hydrogen-bond acceptors (Lipinski definition) is 3. The first-order valence-corrected chi connectivity index (χ1v) is 10.6. The molecular weight excluding hydrogens is 365 g/mol. The third-order valence-corrected chi connectivity index (χ3v) is 7.35. The van der Waals surface area contributed by atoms with E-state index in [2.05, 4.69) is 4.90 Å². The lowest BCUT2D eigenvalue weighted by Gasteiger charge is -2.38. The van der Waals surface area contributed by atoms with E-state index in [1.165, 1.54) is 42.8 Å². The van der Waals surface area contributed by atoms with Gasteiger partial charge < -0.3 is 0 Å². The summed E-state index contributed by atoms with van der Waals surface area (Å²) < 4.78 is 64.8. The Morgan fingerprint density at radius 3 is 1.88 bits per heavy atom. The normalized spacial score (nSPS) is 22.3. The van der Waals surface area contributed by atoms with E-state index >= 15 is 0 Å². The number of halogens is 3. The van der Waals surface area contributed by atoms with E-state index in [0.29, 0.717) is 32.2 Å². The molecule has 1 saturated heterocycles. The Morgan fingerprint density at radius 2 is 1.38 bits per heavy atom. The highest BCUT2D eigenvalue weighted by Gasteiger charge is 2.33. The third-order valence-electron chi connectivity index (χ3n) is 5.43. The van der Waals surface area contributed by atoms with Gasteiger partial charge in [0.15, 0.2) is 0 Å². The fourth-order valence-corrected chi connectivity index (χ4v) is 5.32. The average molecular weight is 390 g/mol. The molecule has 1 aliphatic heterocycles. The van der Waals surface area contributed by atoms with E-state index in [-0.39, 0.29) is 4.90 Å². The van der Waals surface area contributed by atoms with Gasteiger partial charge in [0.25, 0.3) is 0 Å². The molecule has 3 rings (SSSR count). The van der Waals surface area contributed by atoms with Crippen molar-refractivity contribution in [2.24, 2.45) is 0 Å². The van der Waals surface area contributed by atoms with E-state index < -0.39 is 21.8 Å². The molecule has 2 fully saturated rings. The molecule has 4 nitrogen and oxygen atoms in total. The van der Waals surface area contributed by atoms with Crippen molar-refractivity contribution in [1.82, 2.24) is 9.21 Å². The summed E-state index contributed by atoms with van der Waals surface area (Å²) in [5, 5.41) is 0. The second-order valence-electron chi connectivity index (χ2n) is 7.11. The van der Waals surface area contributed by atoms with Crippen LogP contribution in [0.15, 0.2) is 29.2 Å². The fourth-order valence-electron chi connectivity index (χ4n) is 3.90. The molecular formula is C18H25F3N2O2S. The highest BCUT2D eigenvalue weighted by Crippen LogP contribution is 2.30. The molecule has 26 heavy (non-hydrogen) atoms. The van der Waals surface area contributed by atoms with Gasteiger partial charge in [-0.1, -0.05) is 25.7 Å². The number of nitrogens with zero attached hydrogens (tertiary/aromatic N) is 2. The lowest BCUT2D eigenvalue weighted by atomic mass is 10.1. The minimum Gasteiger partial charge on any atom is -0.298 e. The minimum atomic E-state index is -4.47. The standard InChI is InChI=1S/C18H25F3N2O2S/c19-18(20,21)15-7-9-17(10-8-15)26(24,25)23-13-11-22(12-14-23)16-5-3-1-2-4-6-16/h7-10,16H,1-6,11-14H2. The van der Waals surface area contributed by atoms with E-state index in [9.17, 15) is 21.6 Å². The van der Waals surface area contributed by atoms with Crippen LogP contribution in [0.2, 0.25) is 0 Å². The Morgan fingerprint density at radius 1 is 0.846 bits per heavy atom. The molecule has 0 radical (unpaired) electrons. The van der Waals surface area contributed by atoms with Gasteiger partial charge in [-0.3, -0.25) is 4.90 Å². The first-order chi connectivity index (χ1) is 12.3. The highest BCUT2D eigenvalue weighted by atomic mass is 32.2. The van der Waals surface area contributed by atoms with Crippen LogP contribution in [0, 0.1) is 0 Å². The zero-order chi connectivity index (χ0) is 18.8. The highest BCUT2D eigenvalue weighted by molar-refractivity contribution is 7.89. The first kappa shape index (κ1) is 19.6. The molecule has 0 amide bonds. The molecule has 0 N–H and O–H groups in total. The van der Waals surface area contributed by atoms with Crippen LogP contribution in [-0.4, -0.2) is 49.8 Å². The van der Waals surface area contributed by atoms with Crippen molar-refractivity contribution >= 4 is 10.0 Å². The van der Waals surface area contributed by atoms with Gasteiger partial charge in [0.1, 0.15) is 0 Å². The number of alkyl halides is 3. The Balaban J connectivity index is 1.64. The van der Waals surface area contributed by atoms with Gasteiger partial charge >= 0.3 is 6.18 Å². The summed E-state index contributed by atoms with van der Waals surface area (Å²) in [7, 11) is -3.75. The van der Waals surface area contributed by atoms with Gasteiger partial charge in [-0.05, 0) is 37.1 Å². The largest absolute Gasteiger partial charge is 0.416 e. The SMILES string of the molecule is O=S(=O)(c1ccc(C(F)(F)F)cc1)N1CCN(C2CCCCCC2)CC1. The van der Waals surface area contributed by atoms with Crippen LogP contribution in [0.1, 0.15) is 44.1 Å². The van der Waals surface area contributed by atoms with Gasteiger partial charge in [0.2, 0.25) is 10.0 Å². The Bertz CT molecular complexity index is 688. The molecule has 0 unspecified atom stereocenters. The fraction of sp³-hybridized carbons (Fsp3) is 0.667. The minimum absolute atomic E-state index is 0.0755. The van der Waals surface area contributed by atoms with Crippen LogP contribution >= 0.6 is 0 Å². The van der Waals surface area contributed by atoms with Gasteiger partial charge in [-0.15, -0.1) is 0 Å². The lowest BCUT2D eigenvalue weighted by Crippen LogP contribution is -2.51. The topological polar surface area (TPSA) is 40.6 Å². The van der Waals surface area contributed by atoms with Crippen molar-refractivity contribution < 1.29 is 21.6 Å². The van der Waals surface area contributed by atoms with E-state index in [1.807, 2.05) is 0 Å². The summed E-state index contributed by atoms with van der Waals surface area (Å²) in [6.45, 7) is 2.15. The Labute approximate surface area is 153 Å². The third kappa shape index (κ3) is 4.40. The molecule has 0 bridgehead atoms. The maximum Gasteiger partial charge on any atom is 0.416 e. The molecule has 1 aromatic carbocycles. The molecule has 0 atom stereocenters. The molecule has 146 valence electrons. The summed E-state index contributed by atoms with van der Waals surface area (Å²) >= 11 is 0. The van der Waals surface area contributed by atoms with Crippen LogP contribution < -0.4 is 0 Å². The van der Waals surface area contributed by atoms with Crippen LogP contribution in [0.25, 0.3) is 0 Å². The lowest BCUT2D eigenvalue weighted by molar-refractivity contribution is -0.137. The number of piperazine rings is 1. The molecule has 1 heterocycles.